The number of ether oxygens (including phenoxy) is 1. The molecule has 1 atom stereocenters. The number of aliphatic hydroxyl groups is 1. The number of rotatable bonds is 6. The standard InChI is InChI=1S/C16H18BrNO3S/c1-16(20,8-11-5-6-22-9-11)10-18-15(19)13-7-12(21-2)3-4-14(13)17/h3-7,9,20H,8,10H2,1-2H3,(H,18,19). The molecule has 118 valence electrons. The van der Waals surface area contributed by atoms with Crippen LogP contribution in [0.3, 0.4) is 0 Å². The van der Waals surface area contributed by atoms with Gasteiger partial charge in [0.05, 0.1) is 18.3 Å². The van der Waals surface area contributed by atoms with E-state index >= 15 is 0 Å². The Labute approximate surface area is 142 Å². The molecule has 0 aliphatic rings. The fraction of sp³-hybridized carbons (Fsp3) is 0.312. The Balaban J connectivity index is 2.00. The van der Waals surface area contributed by atoms with Crippen molar-refractivity contribution in [1.82, 2.24) is 5.32 Å². The number of amides is 1. The van der Waals surface area contributed by atoms with Crippen molar-refractivity contribution in [2.45, 2.75) is 18.9 Å². The lowest BCUT2D eigenvalue weighted by Crippen LogP contribution is -2.42. The smallest absolute Gasteiger partial charge is 0.252 e. The summed E-state index contributed by atoms with van der Waals surface area (Å²) in [5.41, 5.74) is 0.541. The third kappa shape index (κ3) is 4.56. The maximum absolute atomic E-state index is 12.3. The average Bonchev–Trinajstić information content (AvgIpc) is 2.97. The van der Waals surface area contributed by atoms with Crippen LogP contribution in [0.5, 0.6) is 5.75 Å². The van der Waals surface area contributed by atoms with E-state index < -0.39 is 5.60 Å². The predicted octanol–water partition coefficient (Wildman–Crippen LogP) is 3.24. The van der Waals surface area contributed by atoms with Gasteiger partial charge in [-0.1, -0.05) is 0 Å². The number of carbonyl (C=O) groups excluding carboxylic acids is 1. The largest absolute Gasteiger partial charge is 0.497 e. The second-order valence-electron chi connectivity index (χ2n) is 5.33. The third-order valence-corrected chi connectivity index (χ3v) is 4.64. The third-order valence-electron chi connectivity index (χ3n) is 3.21. The molecule has 22 heavy (non-hydrogen) atoms. The Morgan fingerprint density at radius 2 is 2.23 bits per heavy atom. The highest BCUT2D eigenvalue weighted by atomic mass is 79.9. The van der Waals surface area contributed by atoms with Crippen LogP contribution in [0.4, 0.5) is 0 Å². The van der Waals surface area contributed by atoms with Crippen LogP contribution in [0.2, 0.25) is 0 Å². The molecule has 0 saturated heterocycles. The first-order chi connectivity index (χ1) is 10.4. The lowest BCUT2D eigenvalue weighted by Gasteiger charge is -2.23. The number of halogens is 1. The molecule has 0 aliphatic heterocycles. The zero-order chi connectivity index (χ0) is 16.2. The zero-order valence-electron chi connectivity index (χ0n) is 12.4. The van der Waals surface area contributed by atoms with E-state index in [4.69, 9.17) is 4.74 Å². The normalized spacial score (nSPS) is 13.5. The number of benzene rings is 1. The Hall–Kier alpha value is -1.37. The SMILES string of the molecule is COc1ccc(Br)c(C(=O)NCC(C)(O)Cc2ccsc2)c1. The minimum Gasteiger partial charge on any atom is -0.497 e. The summed E-state index contributed by atoms with van der Waals surface area (Å²) < 4.78 is 5.81. The minimum atomic E-state index is -0.998. The summed E-state index contributed by atoms with van der Waals surface area (Å²) in [6.45, 7) is 1.89. The summed E-state index contributed by atoms with van der Waals surface area (Å²) in [5, 5.41) is 17.1. The molecule has 0 bridgehead atoms. The van der Waals surface area contributed by atoms with Crippen LogP contribution in [0, 0.1) is 0 Å². The molecule has 1 unspecified atom stereocenters. The molecule has 0 saturated carbocycles. The molecule has 0 spiro atoms. The van der Waals surface area contributed by atoms with Crippen LogP contribution in [0.25, 0.3) is 0 Å². The Morgan fingerprint density at radius 1 is 1.45 bits per heavy atom. The van der Waals surface area contributed by atoms with Gasteiger partial charge < -0.3 is 15.2 Å². The van der Waals surface area contributed by atoms with E-state index in [1.165, 1.54) is 0 Å². The van der Waals surface area contributed by atoms with E-state index in [9.17, 15) is 9.90 Å². The van der Waals surface area contributed by atoms with E-state index in [1.54, 1.807) is 43.6 Å². The monoisotopic (exact) mass is 383 g/mol. The number of nitrogens with one attached hydrogen (secondary N) is 1. The van der Waals surface area contributed by atoms with Gasteiger partial charge >= 0.3 is 0 Å². The molecule has 0 aliphatic carbocycles. The highest BCUT2D eigenvalue weighted by molar-refractivity contribution is 9.10. The fourth-order valence-electron chi connectivity index (χ4n) is 2.07. The molecule has 4 nitrogen and oxygen atoms in total. The van der Waals surface area contributed by atoms with Gasteiger partial charge in [0.2, 0.25) is 0 Å². The van der Waals surface area contributed by atoms with E-state index in [0.29, 0.717) is 22.2 Å². The molecule has 0 radical (unpaired) electrons. The van der Waals surface area contributed by atoms with Crippen molar-refractivity contribution in [1.29, 1.82) is 0 Å². The minimum absolute atomic E-state index is 0.172. The van der Waals surface area contributed by atoms with Gasteiger partial charge in [-0.25, -0.2) is 0 Å². The molecule has 1 aromatic heterocycles. The quantitative estimate of drug-likeness (QED) is 0.804. The van der Waals surface area contributed by atoms with Crippen LogP contribution in [-0.4, -0.2) is 30.3 Å². The average molecular weight is 384 g/mol. The van der Waals surface area contributed by atoms with Gasteiger partial charge in [0, 0.05) is 17.4 Å². The summed E-state index contributed by atoms with van der Waals surface area (Å²) in [5.74, 6) is 0.356. The van der Waals surface area contributed by atoms with Gasteiger partial charge in [0.15, 0.2) is 0 Å². The van der Waals surface area contributed by atoms with Crippen molar-refractivity contribution in [3.8, 4) is 5.75 Å². The van der Waals surface area contributed by atoms with Crippen molar-refractivity contribution in [3.63, 3.8) is 0 Å². The molecule has 2 aromatic rings. The molecule has 1 amide bonds. The molecule has 1 aromatic carbocycles. The first-order valence-corrected chi connectivity index (χ1v) is 8.50. The number of methoxy groups -OCH3 is 1. The van der Waals surface area contributed by atoms with Gasteiger partial charge in [0.25, 0.3) is 5.91 Å². The van der Waals surface area contributed by atoms with Crippen LogP contribution in [0.1, 0.15) is 22.8 Å². The van der Waals surface area contributed by atoms with Gasteiger partial charge in [-0.05, 0) is 63.4 Å². The van der Waals surface area contributed by atoms with Crippen LogP contribution >= 0.6 is 27.3 Å². The first kappa shape index (κ1) is 17.0. The number of hydrogen-bond donors (Lipinski definition) is 2. The van der Waals surface area contributed by atoms with Crippen LogP contribution in [0.15, 0.2) is 39.5 Å². The fourth-order valence-corrected chi connectivity index (χ4v) is 3.16. The van der Waals surface area contributed by atoms with E-state index in [1.807, 2.05) is 16.8 Å². The lowest BCUT2D eigenvalue weighted by molar-refractivity contribution is 0.0553. The first-order valence-electron chi connectivity index (χ1n) is 6.76. The maximum Gasteiger partial charge on any atom is 0.252 e. The van der Waals surface area contributed by atoms with Crippen molar-refractivity contribution in [2.24, 2.45) is 0 Å². The topological polar surface area (TPSA) is 58.6 Å². The summed E-state index contributed by atoms with van der Waals surface area (Å²) >= 11 is 4.94. The number of thiophene rings is 1. The number of carbonyl (C=O) groups is 1. The lowest BCUT2D eigenvalue weighted by atomic mass is 9.98. The van der Waals surface area contributed by atoms with E-state index in [0.717, 1.165) is 5.56 Å². The van der Waals surface area contributed by atoms with Crippen LogP contribution < -0.4 is 10.1 Å². The van der Waals surface area contributed by atoms with Crippen LogP contribution in [-0.2, 0) is 6.42 Å². The number of hydrogen-bond acceptors (Lipinski definition) is 4. The predicted molar refractivity (Wildman–Crippen MR) is 91.7 cm³/mol. The zero-order valence-corrected chi connectivity index (χ0v) is 14.8. The van der Waals surface area contributed by atoms with Gasteiger partial charge in [0.1, 0.15) is 5.75 Å². The second kappa shape index (κ2) is 7.26. The summed E-state index contributed by atoms with van der Waals surface area (Å²) in [6, 6.07) is 7.16. The van der Waals surface area contributed by atoms with Gasteiger partial charge in [-0.15, -0.1) is 0 Å². The van der Waals surface area contributed by atoms with E-state index in [-0.39, 0.29) is 12.5 Å². The molecule has 0 fully saturated rings. The molecule has 2 N–H and O–H groups in total. The molecule has 6 heteroatoms. The van der Waals surface area contributed by atoms with Crippen molar-refractivity contribution >= 4 is 33.2 Å². The Kier molecular flexibility index (Phi) is 5.61. The maximum atomic E-state index is 12.3. The second-order valence-corrected chi connectivity index (χ2v) is 6.97. The van der Waals surface area contributed by atoms with Crippen molar-refractivity contribution in [3.05, 3.63) is 50.6 Å². The van der Waals surface area contributed by atoms with Gasteiger partial charge in [-0.3, -0.25) is 4.79 Å². The molecular formula is C16H18BrNO3S. The summed E-state index contributed by atoms with van der Waals surface area (Å²) in [7, 11) is 1.55. The Morgan fingerprint density at radius 3 is 2.86 bits per heavy atom. The van der Waals surface area contributed by atoms with E-state index in [2.05, 4.69) is 21.2 Å². The highest BCUT2D eigenvalue weighted by Crippen LogP contribution is 2.22. The molecule has 1 heterocycles. The summed E-state index contributed by atoms with van der Waals surface area (Å²) in [4.78, 5) is 12.3. The van der Waals surface area contributed by atoms with Crippen molar-refractivity contribution in [2.75, 3.05) is 13.7 Å². The summed E-state index contributed by atoms with van der Waals surface area (Å²) in [6.07, 6.45) is 0.496. The Bertz CT molecular complexity index is 641. The molecule has 2 rings (SSSR count). The van der Waals surface area contributed by atoms with Gasteiger partial charge in [-0.2, -0.15) is 11.3 Å². The molecular weight excluding hydrogens is 366 g/mol. The van der Waals surface area contributed by atoms with Crippen molar-refractivity contribution < 1.29 is 14.6 Å². The highest BCUT2D eigenvalue weighted by Gasteiger charge is 2.23.